The number of hydrogen-bond acceptors (Lipinski definition) is 2. The molecule has 0 bridgehead atoms. The van der Waals surface area contributed by atoms with Crippen molar-refractivity contribution in [2.75, 3.05) is 0 Å². The maximum absolute atomic E-state index is 4.93. The molecule has 2 nitrogen and oxygen atoms in total. The van der Waals surface area contributed by atoms with Crippen molar-refractivity contribution in [1.29, 1.82) is 0 Å². The predicted molar refractivity (Wildman–Crippen MR) is 34.5 cm³/mol. The zero-order valence-corrected chi connectivity index (χ0v) is 5.55. The molecule has 1 aliphatic carbocycles. The summed E-state index contributed by atoms with van der Waals surface area (Å²) < 4.78 is 0. The van der Waals surface area contributed by atoms with E-state index in [0.717, 1.165) is 5.92 Å². The van der Waals surface area contributed by atoms with E-state index in [-0.39, 0.29) is 5.54 Å². The van der Waals surface area contributed by atoms with Gasteiger partial charge >= 0.3 is 0 Å². The van der Waals surface area contributed by atoms with Crippen LogP contribution in [0.15, 0.2) is 12.3 Å². The van der Waals surface area contributed by atoms with Crippen molar-refractivity contribution in [3.8, 4) is 0 Å². The maximum atomic E-state index is 4.93. The lowest BCUT2D eigenvalue weighted by Crippen LogP contribution is -2.37. The molecule has 1 N–H and O–H groups in total. The summed E-state index contributed by atoms with van der Waals surface area (Å²) in [5.41, 5.74) is 3.14. The summed E-state index contributed by atoms with van der Waals surface area (Å²) in [5.74, 6) is 0.816. The summed E-state index contributed by atoms with van der Waals surface area (Å²) >= 11 is 0. The van der Waals surface area contributed by atoms with Crippen LogP contribution in [-0.4, -0.2) is 5.54 Å². The fraction of sp³-hybridized carbons (Fsp3) is 0.714. The van der Waals surface area contributed by atoms with Crippen LogP contribution in [0.4, 0.5) is 0 Å². The molecule has 0 spiro atoms. The Labute approximate surface area is 54.8 Å². The minimum Gasteiger partial charge on any atom is -0.416 e. The molecule has 1 saturated carbocycles. The third-order valence-electron chi connectivity index (χ3n) is 2.19. The van der Waals surface area contributed by atoms with E-state index >= 15 is 0 Å². The van der Waals surface area contributed by atoms with E-state index in [2.05, 4.69) is 18.5 Å². The fourth-order valence-corrected chi connectivity index (χ4v) is 1.27. The van der Waals surface area contributed by atoms with Crippen LogP contribution >= 0.6 is 0 Å². The van der Waals surface area contributed by atoms with Crippen LogP contribution < -0.4 is 5.48 Å². The molecule has 1 heterocycles. The average molecular weight is 125 g/mol. The van der Waals surface area contributed by atoms with Gasteiger partial charge in [-0.3, -0.25) is 0 Å². The summed E-state index contributed by atoms with van der Waals surface area (Å²) in [6.45, 7) is 2.17. The van der Waals surface area contributed by atoms with Gasteiger partial charge in [0.1, 0.15) is 6.26 Å². The minimum absolute atomic E-state index is 0.153. The van der Waals surface area contributed by atoms with E-state index in [1.165, 1.54) is 12.8 Å². The van der Waals surface area contributed by atoms with E-state index < -0.39 is 0 Å². The molecule has 2 heteroatoms. The summed E-state index contributed by atoms with van der Waals surface area (Å²) in [4.78, 5) is 4.93. The quantitative estimate of drug-likeness (QED) is 0.568. The monoisotopic (exact) mass is 125 g/mol. The van der Waals surface area contributed by atoms with Gasteiger partial charge in [0.2, 0.25) is 0 Å². The highest BCUT2D eigenvalue weighted by Crippen LogP contribution is 2.41. The average Bonchev–Trinajstić information content (AvgIpc) is 2.60. The zero-order chi connectivity index (χ0) is 6.32. The molecule has 2 aliphatic rings. The molecule has 0 aromatic heterocycles. The predicted octanol–water partition coefficient (Wildman–Crippen LogP) is 1.20. The Morgan fingerprint density at radius 2 is 2.44 bits per heavy atom. The van der Waals surface area contributed by atoms with Crippen LogP contribution in [0.5, 0.6) is 0 Å². The first-order chi connectivity index (χ1) is 4.31. The van der Waals surface area contributed by atoms with Gasteiger partial charge in [0, 0.05) is 0 Å². The van der Waals surface area contributed by atoms with Crippen molar-refractivity contribution in [1.82, 2.24) is 5.48 Å². The van der Waals surface area contributed by atoms with Crippen LogP contribution in [0.3, 0.4) is 0 Å². The molecule has 1 aliphatic heterocycles. The first-order valence-electron chi connectivity index (χ1n) is 3.42. The zero-order valence-electron chi connectivity index (χ0n) is 5.55. The van der Waals surface area contributed by atoms with Crippen LogP contribution in [0.1, 0.15) is 19.8 Å². The third kappa shape index (κ3) is 0.741. The van der Waals surface area contributed by atoms with E-state index in [4.69, 9.17) is 4.84 Å². The SMILES string of the molecule is CC1(C2CC2)C=CON1. The van der Waals surface area contributed by atoms with Crippen LogP contribution in [-0.2, 0) is 4.84 Å². The lowest BCUT2D eigenvalue weighted by Gasteiger charge is -2.19. The first-order valence-corrected chi connectivity index (χ1v) is 3.42. The van der Waals surface area contributed by atoms with Crippen molar-refractivity contribution in [2.45, 2.75) is 25.3 Å². The Kier molecular flexibility index (Phi) is 0.887. The highest BCUT2D eigenvalue weighted by atomic mass is 16.6. The van der Waals surface area contributed by atoms with E-state index in [1.807, 2.05) is 0 Å². The molecule has 1 fully saturated rings. The summed E-state index contributed by atoms with van der Waals surface area (Å²) in [7, 11) is 0. The Morgan fingerprint density at radius 1 is 1.67 bits per heavy atom. The van der Waals surface area contributed by atoms with E-state index in [0.29, 0.717) is 0 Å². The van der Waals surface area contributed by atoms with Gasteiger partial charge in [-0.15, -0.1) is 5.48 Å². The molecular formula is C7H11NO. The van der Waals surface area contributed by atoms with Crippen molar-refractivity contribution in [3.05, 3.63) is 12.3 Å². The van der Waals surface area contributed by atoms with Crippen LogP contribution in [0.25, 0.3) is 0 Å². The number of nitrogens with one attached hydrogen (secondary N) is 1. The second kappa shape index (κ2) is 1.51. The molecular weight excluding hydrogens is 114 g/mol. The maximum Gasteiger partial charge on any atom is 0.109 e. The molecule has 0 saturated heterocycles. The molecule has 50 valence electrons. The molecule has 1 unspecified atom stereocenters. The largest absolute Gasteiger partial charge is 0.416 e. The van der Waals surface area contributed by atoms with Gasteiger partial charge in [-0.2, -0.15) is 0 Å². The van der Waals surface area contributed by atoms with E-state index in [1.54, 1.807) is 6.26 Å². The Bertz CT molecular complexity index is 151. The highest BCUT2D eigenvalue weighted by Gasteiger charge is 2.42. The van der Waals surface area contributed by atoms with Gasteiger partial charge in [-0.1, -0.05) is 0 Å². The van der Waals surface area contributed by atoms with Gasteiger partial charge in [0.15, 0.2) is 0 Å². The molecule has 1 atom stereocenters. The summed E-state index contributed by atoms with van der Waals surface area (Å²) in [6, 6.07) is 0. The van der Waals surface area contributed by atoms with Crippen molar-refractivity contribution in [3.63, 3.8) is 0 Å². The van der Waals surface area contributed by atoms with Gasteiger partial charge in [-0.05, 0) is 31.8 Å². The number of hydroxylamine groups is 1. The lowest BCUT2D eigenvalue weighted by molar-refractivity contribution is 0.0960. The van der Waals surface area contributed by atoms with Gasteiger partial charge in [0.25, 0.3) is 0 Å². The Balaban J connectivity index is 2.12. The molecule has 0 radical (unpaired) electrons. The lowest BCUT2D eigenvalue weighted by atomic mass is 9.98. The van der Waals surface area contributed by atoms with Crippen molar-refractivity contribution >= 4 is 0 Å². The summed E-state index contributed by atoms with van der Waals surface area (Å²) in [6.07, 6.45) is 6.53. The molecule has 9 heavy (non-hydrogen) atoms. The first kappa shape index (κ1) is 5.30. The summed E-state index contributed by atoms with van der Waals surface area (Å²) in [5, 5.41) is 0. The Morgan fingerprint density at radius 3 is 2.89 bits per heavy atom. The number of rotatable bonds is 1. The number of hydrogen-bond donors (Lipinski definition) is 1. The smallest absolute Gasteiger partial charge is 0.109 e. The standard InChI is InChI=1S/C7H11NO/c1-7(6-2-3-6)4-5-9-8-7/h4-6,8H,2-3H2,1H3. The van der Waals surface area contributed by atoms with Crippen molar-refractivity contribution < 1.29 is 4.84 Å². The van der Waals surface area contributed by atoms with Gasteiger partial charge < -0.3 is 4.84 Å². The molecule has 2 rings (SSSR count). The topological polar surface area (TPSA) is 21.3 Å². The Hall–Kier alpha value is -0.500. The molecule has 0 aromatic rings. The van der Waals surface area contributed by atoms with Crippen molar-refractivity contribution in [2.24, 2.45) is 5.92 Å². The minimum atomic E-state index is 0.153. The van der Waals surface area contributed by atoms with Gasteiger partial charge in [0.05, 0.1) is 5.54 Å². The fourth-order valence-electron chi connectivity index (χ4n) is 1.27. The molecule has 0 aromatic carbocycles. The highest BCUT2D eigenvalue weighted by molar-refractivity contribution is 5.11. The normalized spacial score (nSPS) is 41.0. The second-order valence-electron chi connectivity index (χ2n) is 3.08. The van der Waals surface area contributed by atoms with E-state index in [9.17, 15) is 0 Å². The molecule has 0 amide bonds. The van der Waals surface area contributed by atoms with Crippen LogP contribution in [0.2, 0.25) is 0 Å². The van der Waals surface area contributed by atoms with Crippen LogP contribution in [0, 0.1) is 5.92 Å². The third-order valence-corrected chi connectivity index (χ3v) is 2.19. The second-order valence-corrected chi connectivity index (χ2v) is 3.08. The van der Waals surface area contributed by atoms with Gasteiger partial charge in [-0.25, -0.2) is 0 Å².